The summed E-state index contributed by atoms with van der Waals surface area (Å²) in [6, 6.07) is 4.08. The molecule has 0 bridgehead atoms. The van der Waals surface area contributed by atoms with Crippen LogP contribution in [0, 0.1) is 0 Å². The molecule has 1 rings (SSSR count). The van der Waals surface area contributed by atoms with Gasteiger partial charge >= 0.3 is 12.0 Å². The standard InChI is InChI=1S/C11H15N3O3/c1-8(10(15)16)14(2)11(17)13-7-9-5-3-4-6-12-9/h3-6,8H,7H2,1-2H3,(H,13,17)(H,15,16). The van der Waals surface area contributed by atoms with Gasteiger partial charge in [-0.25, -0.2) is 9.59 Å². The van der Waals surface area contributed by atoms with E-state index in [0.717, 1.165) is 10.6 Å². The quantitative estimate of drug-likeness (QED) is 0.807. The highest BCUT2D eigenvalue weighted by atomic mass is 16.4. The Bertz CT molecular complexity index is 394. The summed E-state index contributed by atoms with van der Waals surface area (Å²) in [6.07, 6.45) is 1.63. The van der Waals surface area contributed by atoms with Crippen molar-refractivity contribution in [2.75, 3.05) is 7.05 Å². The van der Waals surface area contributed by atoms with Crippen LogP contribution < -0.4 is 5.32 Å². The number of aromatic nitrogens is 1. The zero-order valence-electron chi connectivity index (χ0n) is 9.75. The normalized spacial score (nSPS) is 11.6. The number of carboxylic acids is 1. The van der Waals surface area contributed by atoms with Crippen molar-refractivity contribution in [3.8, 4) is 0 Å². The van der Waals surface area contributed by atoms with E-state index in [0.29, 0.717) is 0 Å². The first-order valence-corrected chi connectivity index (χ1v) is 5.15. The van der Waals surface area contributed by atoms with Crippen molar-refractivity contribution in [1.82, 2.24) is 15.2 Å². The third kappa shape index (κ3) is 3.75. The molecule has 1 aromatic heterocycles. The van der Waals surface area contributed by atoms with Gasteiger partial charge in [-0.2, -0.15) is 0 Å². The molecule has 0 spiro atoms. The molecule has 0 aliphatic carbocycles. The third-order valence-corrected chi connectivity index (χ3v) is 2.41. The predicted octanol–water partition coefficient (Wildman–Crippen LogP) is 0.696. The number of carbonyl (C=O) groups is 2. The van der Waals surface area contributed by atoms with Gasteiger partial charge in [-0.3, -0.25) is 4.98 Å². The Morgan fingerprint density at radius 2 is 2.24 bits per heavy atom. The number of likely N-dealkylation sites (N-methyl/N-ethyl adjacent to an activating group) is 1. The fraction of sp³-hybridized carbons (Fsp3) is 0.364. The van der Waals surface area contributed by atoms with Crippen LogP contribution in [0.15, 0.2) is 24.4 Å². The molecule has 0 radical (unpaired) electrons. The second kappa shape index (κ2) is 5.83. The highest BCUT2D eigenvalue weighted by Gasteiger charge is 2.21. The number of carboxylic acid groups (broad SMARTS) is 1. The number of aliphatic carboxylic acids is 1. The molecule has 1 aromatic rings. The topological polar surface area (TPSA) is 82.5 Å². The second-order valence-electron chi connectivity index (χ2n) is 3.60. The van der Waals surface area contributed by atoms with E-state index in [4.69, 9.17) is 5.11 Å². The highest BCUT2D eigenvalue weighted by Crippen LogP contribution is 1.98. The van der Waals surface area contributed by atoms with Gasteiger partial charge in [-0.05, 0) is 19.1 Å². The zero-order valence-corrected chi connectivity index (χ0v) is 9.75. The maximum Gasteiger partial charge on any atom is 0.326 e. The molecule has 2 amide bonds. The minimum Gasteiger partial charge on any atom is -0.480 e. The Morgan fingerprint density at radius 1 is 1.53 bits per heavy atom. The Balaban J connectivity index is 2.47. The van der Waals surface area contributed by atoms with Gasteiger partial charge in [-0.15, -0.1) is 0 Å². The Kier molecular flexibility index (Phi) is 4.45. The van der Waals surface area contributed by atoms with Crippen LogP contribution in [0.1, 0.15) is 12.6 Å². The van der Waals surface area contributed by atoms with Crippen molar-refractivity contribution < 1.29 is 14.7 Å². The number of nitrogens with one attached hydrogen (secondary N) is 1. The summed E-state index contributed by atoms with van der Waals surface area (Å²) in [5.74, 6) is -1.04. The van der Waals surface area contributed by atoms with Gasteiger partial charge in [0.25, 0.3) is 0 Å². The van der Waals surface area contributed by atoms with Gasteiger partial charge in [0, 0.05) is 13.2 Å². The van der Waals surface area contributed by atoms with Crippen molar-refractivity contribution in [2.24, 2.45) is 0 Å². The van der Waals surface area contributed by atoms with Gasteiger partial charge < -0.3 is 15.3 Å². The first kappa shape index (κ1) is 13.0. The average molecular weight is 237 g/mol. The van der Waals surface area contributed by atoms with E-state index in [1.54, 1.807) is 18.3 Å². The largest absolute Gasteiger partial charge is 0.480 e. The molecule has 0 aliphatic heterocycles. The lowest BCUT2D eigenvalue weighted by atomic mass is 10.3. The molecule has 1 unspecified atom stereocenters. The lowest BCUT2D eigenvalue weighted by Gasteiger charge is -2.21. The smallest absolute Gasteiger partial charge is 0.326 e. The molecule has 92 valence electrons. The zero-order chi connectivity index (χ0) is 12.8. The third-order valence-electron chi connectivity index (χ3n) is 2.41. The molecule has 6 nitrogen and oxygen atoms in total. The first-order chi connectivity index (χ1) is 8.02. The van der Waals surface area contributed by atoms with E-state index in [9.17, 15) is 9.59 Å². The van der Waals surface area contributed by atoms with Crippen LogP contribution in [-0.4, -0.2) is 40.1 Å². The summed E-state index contributed by atoms with van der Waals surface area (Å²) in [6.45, 7) is 1.72. The number of rotatable bonds is 4. The Labute approximate surface area is 99.3 Å². The van der Waals surface area contributed by atoms with Gasteiger partial charge in [0.05, 0.1) is 12.2 Å². The molecule has 1 atom stereocenters. The molecule has 0 saturated heterocycles. The number of pyridine rings is 1. The molecular formula is C11H15N3O3. The summed E-state index contributed by atoms with van der Waals surface area (Å²) in [5, 5.41) is 11.3. The predicted molar refractivity (Wildman–Crippen MR) is 61.3 cm³/mol. The van der Waals surface area contributed by atoms with Crippen LogP contribution in [-0.2, 0) is 11.3 Å². The molecule has 0 aliphatic rings. The summed E-state index contributed by atoms with van der Waals surface area (Å²) >= 11 is 0. The number of nitrogens with zero attached hydrogens (tertiary/aromatic N) is 2. The minimum absolute atomic E-state index is 0.274. The minimum atomic E-state index is -1.04. The maximum atomic E-state index is 11.6. The van der Waals surface area contributed by atoms with E-state index in [1.165, 1.54) is 14.0 Å². The Morgan fingerprint density at radius 3 is 2.76 bits per heavy atom. The van der Waals surface area contributed by atoms with Crippen LogP contribution in [0.2, 0.25) is 0 Å². The number of urea groups is 1. The lowest BCUT2D eigenvalue weighted by molar-refractivity contribution is -0.141. The van der Waals surface area contributed by atoms with Gasteiger partial charge in [0.1, 0.15) is 6.04 Å². The summed E-state index contributed by atoms with van der Waals surface area (Å²) < 4.78 is 0. The Hall–Kier alpha value is -2.11. The number of amides is 2. The monoisotopic (exact) mass is 237 g/mol. The van der Waals surface area contributed by atoms with Crippen molar-refractivity contribution >= 4 is 12.0 Å². The molecule has 0 fully saturated rings. The number of hydrogen-bond acceptors (Lipinski definition) is 3. The summed E-state index contributed by atoms with van der Waals surface area (Å²) in [7, 11) is 1.44. The van der Waals surface area contributed by atoms with E-state index >= 15 is 0 Å². The number of hydrogen-bond donors (Lipinski definition) is 2. The van der Waals surface area contributed by atoms with Crippen molar-refractivity contribution in [2.45, 2.75) is 19.5 Å². The fourth-order valence-electron chi connectivity index (χ4n) is 1.14. The molecule has 0 saturated carbocycles. The maximum absolute atomic E-state index is 11.6. The van der Waals surface area contributed by atoms with Crippen molar-refractivity contribution in [3.05, 3.63) is 30.1 Å². The first-order valence-electron chi connectivity index (χ1n) is 5.15. The molecule has 17 heavy (non-hydrogen) atoms. The molecule has 1 heterocycles. The average Bonchev–Trinajstić information content (AvgIpc) is 2.35. The second-order valence-corrected chi connectivity index (χ2v) is 3.60. The van der Waals surface area contributed by atoms with Crippen LogP contribution in [0.3, 0.4) is 0 Å². The highest BCUT2D eigenvalue weighted by molar-refractivity contribution is 5.82. The van der Waals surface area contributed by atoms with E-state index in [-0.39, 0.29) is 6.54 Å². The van der Waals surface area contributed by atoms with Gasteiger partial charge in [-0.1, -0.05) is 6.07 Å². The molecular weight excluding hydrogens is 222 g/mol. The van der Waals surface area contributed by atoms with E-state index in [2.05, 4.69) is 10.3 Å². The van der Waals surface area contributed by atoms with Crippen LogP contribution in [0.4, 0.5) is 4.79 Å². The molecule has 6 heteroatoms. The SMILES string of the molecule is CC(C(=O)O)N(C)C(=O)NCc1ccccn1. The van der Waals surface area contributed by atoms with Crippen LogP contribution in [0.25, 0.3) is 0 Å². The van der Waals surface area contributed by atoms with Crippen molar-refractivity contribution in [3.63, 3.8) is 0 Å². The summed E-state index contributed by atoms with van der Waals surface area (Å²) in [5.41, 5.74) is 0.720. The van der Waals surface area contributed by atoms with Crippen molar-refractivity contribution in [1.29, 1.82) is 0 Å². The van der Waals surface area contributed by atoms with Gasteiger partial charge in [0.2, 0.25) is 0 Å². The van der Waals surface area contributed by atoms with Crippen LogP contribution >= 0.6 is 0 Å². The van der Waals surface area contributed by atoms with Crippen LogP contribution in [0.5, 0.6) is 0 Å². The number of carbonyl (C=O) groups excluding carboxylic acids is 1. The fourth-order valence-corrected chi connectivity index (χ4v) is 1.14. The van der Waals surface area contributed by atoms with Gasteiger partial charge in [0.15, 0.2) is 0 Å². The molecule has 2 N–H and O–H groups in total. The summed E-state index contributed by atoms with van der Waals surface area (Å²) in [4.78, 5) is 27.4. The van der Waals surface area contributed by atoms with E-state index < -0.39 is 18.0 Å². The molecule has 0 aromatic carbocycles. The lowest BCUT2D eigenvalue weighted by Crippen LogP contribution is -2.45. The van der Waals surface area contributed by atoms with E-state index in [1.807, 2.05) is 6.07 Å².